The highest BCUT2D eigenvalue weighted by atomic mass is 16.5. The number of amides is 1. The summed E-state index contributed by atoms with van der Waals surface area (Å²) in [5.74, 6) is 2.83. The topological polar surface area (TPSA) is 51.2 Å². The number of rotatable bonds is 9. The Labute approximate surface area is 191 Å². The Bertz CT molecular complexity index is 928. The Morgan fingerprint density at radius 2 is 1.75 bits per heavy atom. The van der Waals surface area contributed by atoms with Crippen LogP contribution in [-0.2, 0) is 13.0 Å². The lowest BCUT2D eigenvalue weighted by Gasteiger charge is -2.34. The Kier molecular flexibility index (Phi) is 7.20. The molecule has 1 fully saturated rings. The summed E-state index contributed by atoms with van der Waals surface area (Å²) in [6.07, 6.45) is 4.60. The summed E-state index contributed by atoms with van der Waals surface area (Å²) < 4.78 is 16.0. The summed E-state index contributed by atoms with van der Waals surface area (Å²) in [7, 11) is 4.93. The Hall–Kier alpha value is -2.73. The van der Waals surface area contributed by atoms with E-state index in [2.05, 4.69) is 17.0 Å². The van der Waals surface area contributed by atoms with E-state index in [1.54, 1.807) is 21.3 Å². The fourth-order valence-corrected chi connectivity index (χ4v) is 4.96. The summed E-state index contributed by atoms with van der Waals surface area (Å²) in [6.45, 7) is 4.79. The fourth-order valence-electron chi connectivity index (χ4n) is 4.96. The van der Waals surface area contributed by atoms with E-state index in [-0.39, 0.29) is 5.91 Å². The monoisotopic (exact) mass is 438 g/mol. The van der Waals surface area contributed by atoms with Crippen LogP contribution in [0, 0.1) is 5.92 Å². The zero-order chi connectivity index (χ0) is 22.5. The van der Waals surface area contributed by atoms with E-state index in [1.807, 2.05) is 29.2 Å². The average Bonchev–Trinajstić information content (AvgIpc) is 3.13. The third-order valence-electron chi connectivity index (χ3n) is 6.67. The molecule has 1 atom stereocenters. The van der Waals surface area contributed by atoms with E-state index in [0.29, 0.717) is 24.0 Å². The van der Waals surface area contributed by atoms with Crippen LogP contribution in [-0.4, -0.2) is 63.2 Å². The normalized spacial score (nSPS) is 18.5. The molecule has 2 aliphatic rings. The molecule has 0 N–H and O–H groups in total. The number of hydrogen-bond donors (Lipinski definition) is 0. The van der Waals surface area contributed by atoms with Crippen LogP contribution >= 0.6 is 0 Å². The minimum atomic E-state index is 0.109. The van der Waals surface area contributed by atoms with Crippen LogP contribution in [0.1, 0.15) is 40.7 Å². The van der Waals surface area contributed by atoms with Gasteiger partial charge in [-0.25, -0.2) is 0 Å². The van der Waals surface area contributed by atoms with Gasteiger partial charge in [-0.1, -0.05) is 12.1 Å². The molecule has 6 heteroatoms. The first-order valence-corrected chi connectivity index (χ1v) is 11.5. The van der Waals surface area contributed by atoms with E-state index in [4.69, 9.17) is 14.2 Å². The number of aryl methyl sites for hydroxylation is 1. The third kappa shape index (κ3) is 5.01. The SMILES string of the molecule is COc1ccc(CCCN2CCCC(CN3Cc4cc(OC)c(OC)cc4C3=O)C2)cc1. The van der Waals surface area contributed by atoms with Gasteiger partial charge in [-0.3, -0.25) is 4.79 Å². The maximum absolute atomic E-state index is 13.0. The zero-order valence-corrected chi connectivity index (χ0v) is 19.4. The average molecular weight is 439 g/mol. The van der Waals surface area contributed by atoms with Crippen LogP contribution in [0.3, 0.4) is 0 Å². The molecule has 0 aliphatic carbocycles. The molecule has 0 aromatic heterocycles. The maximum Gasteiger partial charge on any atom is 0.254 e. The van der Waals surface area contributed by atoms with E-state index in [9.17, 15) is 4.79 Å². The number of piperidine rings is 1. The highest BCUT2D eigenvalue weighted by Crippen LogP contribution is 2.35. The van der Waals surface area contributed by atoms with Crippen molar-refractivity contribution in [3.05, 3.63) is 53.1 Å². The van der Waals surface area contributed by atoms with Gasteiger partial charge in [0.15, 0.2) is 11.5 Å². The number of fused-ring (bicyclic) bond motifs is 1. The van der Waals surface area contributed by atoms with Gasteiger partial charge < -0.3 is 24.0 Å². The van der Waals surface area contributed by atoms with Crippen molar-refractivity contribution in [2.24, 2.45) is 5.92 Å². The highest BCUT2D eigenvalue weighted by molar-refractivity contribution is 5.99. The molecule has 32 heavy (non-hydrogen) atoms. The van der Waals surface area contributed by atoms with Crippen molar-refractivity contribution in [2.75, 3.05) is 47.5 Å². The summed E-state index contributed by atoms with van der Waals surface area (Å²) in [4.78, 5) is 17.6. The molecule has 2 heterocycles. The molecule has 1 amide bonds. The predicted molar refractivity (Wildman–Crippen MR) is 125 cm³/mol. The molecule has 2 aromatic carbocycles. The molecule has 0 spiro atoms. The summed E-state index contributed by atoms with van der Waals surface area (Å²) in [6, 6.07) is 12.1. The smallest absolute Gasteiger partial charge is 0.254 e. The second-order valence-electron chi connectivity index (χ2n) is 8.81. The molecule has 6 nitrogen and oxygen atoms in total. The van der Waals surface area contributed by atoms with Gasteiger partial charge >= 0.3 is 0 Å². The number of carbonyl (C=O) groups is 1. The van der Waals surface area contributed by atoms with Gasteiger partial charge in [0, 0.05) is 25.2 Å². The van der Waals surface area contributed by atoms with Gasteiger partial charge in [-0.2, -0.15) is 0 Å². The fraction of sp³-hybridized carbons (Fsp3) is 0.500. The lowest BCUT2D eigenvalue weighted by Crippen LogP contribution is -2.41. The summed E-state index contributed by atoms with van der Waals surface area (Å²) >= 11 is 0. The standard InChI is InChI=1S/C26H34N2O4/c1-30-22-10-8-19(9-11-22)6-4-12-27-13-5-7-20(16-27)17-28-18-21-14-24(31-2)25(32-3)15-23(21)26(28)29/h8-11,14-15,20H,4-7,12-13,16-18H2,1-3H3. The Balaban J connectivity index is 1.28. The number of nitrogens with zero attached hydrogens (tertiary/aromatic N) is 2. The summed E-state index contributed by atoms with van der Waals surface area (Å²) in [5.41, 5.74) is 3.13. The maximum atomic E-state index is 13.0. The van der Waals surface area contributed by atoms with Crippen molar-refractivity contribution < 1.29 is 19.0 Å². The Morgan fingerprint density at radius 3 is 2.47 bits per heavy atom. The first-order valence-electron chi connectivity index (χ1n) is 11.5. The zero-order valence-electron chi connectivity index (χ0n) is 19.4. The molecule has 2 aliphatic heterocycles. The van der Waals surface area contributed by atoms with Crippen LogP contribution in [0.2, 0.25) is 0 Å². The van der Waals surface area contributed by atoms with Gasteiger partial charge in [0.05, 0.1) is 21.3 Å². The van der Waals surface area contributed by atoms with E-state index in [1.165, 1.54) is 18.4 Å². The van der Waals surface area contributed by atoms with Crippen LogP contribution in [0.15, 0.2) is 36.4 Å². The second-order valence-corrected chi connectivity index (χ2v) is 8.81. The van der Waals surface area contributed by atoms with E-state index >= 15 is 0 Å². The van der Waals surface area contributed by atoms with Crippen molar-refractivity contribution in [3.63, 3.8) is 0 Å². The predicted octanol–water partition coefficient (Wildman–Crippen LogP) is 4.01. The third-order valence-corrected chi connectivity index (χ3v) is 6.67. The van der Waals surface area contributed by atoms with Gasteiger partial charge in [-0.15, -0.1) is 0 Å². The second kappa shape index (κ2) is 10.3. The Morgan fingerprint density at radius 1 is 1.00 bits per heavy atom. The first kappa shape index (κ1) is 22.5. The molecule has 0 saturated carbocycles. The number of benzene rings is 2. The van der Waals surface area contributed by atoms with Crippen molar-refractivity contribution >= 4 is 5.91 Å². The molecular weight excluding hydrogens is 404 g/mol. The molecule has 0 radical (unpaired) electrons. The van der Waals surface area contributed by atoms with Crippen LogP contribution in [0.25, 0.3) is 0 Å². The largest absolute Gasteiger partial charge is 0.497 e. The minimum absolute atomic E-state index is 0.109. The molecule has 1 saturated heterocycles. The number of ether oxygens (including phenoxy) is 3. The molecule has 2 aromatic rings. The van der Waals surface area contributed by atoms with Gasteiger partial charge in [0.1, 0.15) is 5.75 Å². The van der Waals surface area contributed by atoms with Crippen molar-refractivity contribution in [2.45, 2.75) is 32.2 Å². The molecular formula is C26H34N2O4. The lowest BCUT2D eigenvalue weighted by molar-refractivity contribution is 0.0701. The number of likely N-dealkylation sites (tertiary alicyclic amines) is 1. The van der Waals surface area contributed by atoms with Gasteiger partial charge in [0.2, 0.25) is 0 Å². The summed E-state index contributed by atoms with van der Waals surface area (Å²) in [5, 5.41) is 0. The van der Waals surface area contributed by atoms with Crippen LogP contribution < -0.4 is 14.2 Å². The number of carbonyl (C=O) groups excluding carboxylic acids is 1. The van der Waals surface area contributed by atoms with E-state index < -0.39 is 0 Å². The number of methoxy groups -OCH3 is 3. The quantitative estimate of drug-likeness (QED) is 0.592. The lowest BCUT2D eigenvalue weighted by atomic mass is 9.97. The van der Waals surface area contributed by atoms with E-state index in [0.717, 1.165) is 55.9 Å². The molecule has 172 valence electrons. The molecule has 1 unspecified atom stereocenters. The molecule has 0 bridgehead atoms. The highest BCUT2D eigenvalue weighted by Gasteiger charge is 2.32. The molecule has 4 rings (SSSR count). The minimum Gasteiger partial charge on any atom is -0.497 e. The van der Waals surface area contributed by atoms with Crippen molar-refractivity contribution in [3.8, 4) is 17.2 Å². The van der Waals surface area contributed by atoms with Crippen LogP contribution in [0.4, 0.5) is 0 Å². The van der Waals surface area contributed by atoms with Gasteiger partial charge in [-0.05, 0) is 80.1 Å². The van der Waals surface area contributed by atoms with Crippen LogP contribution in [0.5, 0.6) is 17.2 Å². The van der Waals surface area contributed by atoms with Crippen molar-refractivity contribution in [1.29, 1.82) is 0 Å². The van der Waals surface area contributed by atoms with Crippen molar-refractivity contribution in [1.82, 2.24) is 9.80 Å². The van der Waals surface area contributed by atoms with Gasteiger partial charge in [0.25, 0.3) is 5.91 Å². The number of hydrogen-bond acceptors (Lipinski definition) is 5. The first-order chi connectivity index (χ1) is 15.6.